The van der Waals surface area contributed by atoms with Crippen molar-refractivity contribution >= 4 is 29.0 Å². The summed E-state index contributed by atoms with van der Waals surface area (Å²) in [6.45, 7) is 0.706. The van der Waals surface area contributed by atoms with E-state index in [9.17, 15) is 4.79 Å². The summed E-state index contributed by atoms with van der Waals surface area (Å²) in [5, 5.41) is 6.86. The fraction of sp³-hybridized carbons (Fsp3) is 0.217. The van der Waals surface area contributed by atoms with Crippen molar-refractivity contribution in [3.8, 4) is 0 Å². The van der Waals surface area contributed by atoms with Crippen molar-refractivity contribution in [2.45, 2.75) is 25.0 Å². The van der Waals surface area contributed by atoms with Crippen LogP contribution in [0.15, 0.2) is 72.9 Å². The second kappa shape index (κ2) is 9.07. The molecule has 0 spiro atoms. The monoisotopic (exact) mass is 407 g/mol. The van der Waals surface area contributed by atoms with Gasteiger partial charge in [0.1, 0.15) is 5.82 Å². The van der Waals surface area contributed by atoms with E-state index in [2.05, 4.69) is 27.8 Å². The largest absolute Gasteiger partial charge is 0.373 e. The maximum atomic E-state index is 12.4. The Labute approximate surface area is 175 Å². The Bertz CT molecular complexity index is 963. The Morgan fingerprint density at radius 3 is 2.69 bits per heavy atom. The zero-order chi connectivity index (χ0) is 20.1. The minimum atomic E-state index is -0.221. The summed E-state index contributed by atoms with van der Waals surface area (Å²) in [5.74, 6) is 0.532. The minimum Gasteiger partial charge on any atom is -0.373 e. The van der Waals surface area contributed by atoms with Gasteiger partial charge in [-0.2, -0.15) is 0 Å². The number of hydrogen-bond acceptors (Lipinski definition) is 4. The van der Waals surface area contributed by atoms with Crippen molar-refractivity contribution in [2.75, 3.05) is 17.2 Å². The van der Waals surface area contributed by atoms with Gasteiger partial charge in [-0.05, 0) is 48.7 Å². The number of ether oxygens (including phenoxy) is 1. The first-order chi connectivity index (χ1) is 14.2. The zero-order valence-corrected chi connectivity index (χ0v) is 16.6. The molecule has 0 aliphatic carbocycles. The first kappa shape index (κ1) is 19.4. The highest BCUT2D eigenvalue weighted by Crippen LogP contribution is 2.29. The van der Waals surface area contributed by atoms with Gasteiger partial charge in [0.25, 0.3) is 5.91 Å². The molecule has 1 amide bonds. The van der Waals surface area contributed by atoms with Gasteiger partial charge in [0.2, 0.25) is 0 Å². The molecule has 29 heavy (non-hydrogen) atoms. The third-order valence-corrected chi connectivity index (χ3v) is 5.15. The normalized spacial score (nSPS) is 18.8. The SMILES string of the molecule is O=C(Nc1cccc(Cl)c1)c1ccc(NC2CCOC(c3ccccc3)C2)nc1. The maximum absolute atomic E-state index is 12.4. The predicted octanol–water partition coefficient (Wildman–Crippen LogP) is 5.32. The lowest BCUT2D eigenvalue weighted by molar-refractivity contribution is 0.00974. The molecule has 2 atom stereocenters. The lowest BCUT2D eigenvalue weighted by atomic mass is 9.97. The van der Waals surface area contributed by atoms with E-state index in [1.807, 2.05) is 24.3 Å². The highest BCUT2D eigenvalue weighted by atomic mass is 35.5. The Balaban J connectivity index is 1.36. The summed E-state index contributed by atoms with van der Waals surface area (Å²) in [7, 11) is 0. The smallest absolute Gasteiger partial charge is 0.257 e. The maximum Gasteiger partial charge on any atom is 0.257 e. The van der Waals surface area contributed by atoms with E-state index in [-0.39, 0.29) is 18.1 Å². The van der Waals surface area contributed by atoms with Gasteiger partial charge >= 0.3 is 0 Å². The second-order valence-corrected chi connectivity index (χ2v) is 7.47. The fourth-order valence-electron chi connectivity index (χ4n) is 3.42. The van der Waals surface area contributed by atoms with E-state index in [1.165, 1.54) is 5.56 Å². The van der Waals surface area contributed by atoms with Crippen LogP contribution in [0.2, 0.25) is 5.02 Å². The van der Waals surface area contributed by atoms with E-state index >= 15 is 0 Å². The van der Waals surface area contributed by atoms with Crippen LogP contribution < -0.4 is 10.6 Å². The van der Waals surface area contributed by atoms with Gasteiger partial charge in [-0.15, -0.1) is 0 Å². The van der Waals surface area contributed by atoms with Gasteiger partial charge in [0, 0.05) is 29.6 Å². The van der Waals surface area contributed by atoms with Gasteiger partial charge < -0.3 is 15.4 Å². The molecule has 0 bridgehead atoms. The van der Waals surface area contributed by atoms with Crippen LogP contribution >= 0.6 is 11.6 Å². The van der Waals surface area contributed by atoms with Gasteiger partial charge in [-0.3, -0.25) is 4.79 Å². The first-order valence-corrected chi connectivity index (χ1v) is 10.0. The molecule has 0 radical (unpaired) electrons. The molecule has 1 aromatic heterocycles. The molecular weight excluding hydrogens is 386 g/mol. The molecule has 2 heterocycles. The number of nitrogens with zero attached hydrogens (tertiary/aromatic N) is 1. The summed E-state index contributed by atoms with van der Waals surface area (Å²) in [6.07, 6.45) is 3.46. The van der Waals surface area contributed by atoms with E-state index in [4.69, 9.17) is 16.3 Å². The first-order valence-electron chi connectivity index (χ1n) is 9.63. The van der Waals surface area contributed by atoms with Crippen molar-refractivity contribution in [3.05, 3.63) is 89.1 Å². The molecular formula is C23H22ClN3O2. The van der Waals surface area contributed by atoms with E-state index < -0.39 is 0 Å². The molecule has 1 aliphatic heterocycles. The summed E-state index contributed by atoms with van der Waals surface area (Å²) in [4.78, 5) is 16.8. The van der Waals surface area contributed by atoms with Crippen molar-refractivity contribution in [1.29, 1.82) is 0 Å². The number of aromatic nitrogens is 1. The van der Waals surface area contributed by atoms with Crippen LogP contribution in [0, 0.1) is 0 Å². The Hall–Kier alpha value is -2.89. The highest BCUT2D eigenvalue weighted by Gasteiger charge is 2.24. The van der Waals surface area contributed by atoms with Crippen molar-refractivity contribution < 1.29 is 9.53 Å². The molecule has 2 aromatic carbocycles. The number of amides is 1. The van der Waals surface area contributed by atoms with Crippen LogP contribution in [0.3, 0.4) is 0 Å². The molecule has 1 saturated heterocycles. The Morgan fingerprint density at radius 2 is 1.93 bits per heavy atom. The number of hydrogen-bond donors (Lipinski definition) is 2. The Morgan fingerprint density at radius 1 is 1.07 bits per heavy atom. The van der Waals surface area contributed by atoms with Crippen molar-refractivity contribution in [1.82, 2.24) is 4.98 Å². The zero-order valence-electron chi connectivity index (χ0n) is 15.8. The van der Waals surface area contributed by atoms with E-state index in [0.29, 0.717) is 22.9 Å². The summed E-state index contributed by atoms with van der Waals surface area (Å²) >= 11 is 5.96. The highest BCUT2D eigenvalue weighted by molar-refractivity contribution is 6.30. The van der Waals surface area contributed by atoms with Crippen LogP contribution in [0.5, 0.6) is 0 Å². The van der Waals surface area contributed by atoms with Gasteiger partial charge in [0.05, 0.1) is 11.7 Å². The van der Waals surface area contributed by atoms with Gasteiger partial charge in [0.15, 0.2) is 0 Å². The molecule has 0 saturated carbocycles. The summed E-state index contributed by atoms with van der Waals surface area (Å²) < 4.78 is 5.92. The van der Waals surface area contributed by atoms with Crippen molar-refractivity contribution in [3.63, 3.8) is 0 Å². The molecule has 1 fully saturated rings. The summed E-state index contributed by atoms with van der Waals surface area (Å²) in [6, 6.07) is 21.2. The van der Waals surface area contributed by atoms with E-state index in [0.717, 1.165) is 18.7 Å². The molecule has 6 heteroatoms. The van der Waals surface area contributed by atoms with E-state index in [1.54, 1.807) is 36.5 Å². The standard InChI is InChI=1S/C23H22ClN3O2/c24-18-7-4-8-19(13-18)27-23(28)17-9-10-22(25-15-17)26-20-11-12-29-21(14-20)16-5-2-1-3-6-16/h1-10,13,15,20-21H,11-12,14H2,(H,25,26)(H,27,28). The fourth-order valence-corrected chi connectivity index (χ4v) is 3.61. The van der Waals surface area contributed by atoms with Crippen LogP contribution in [0.1, 0.15) is 34.9 Å². The molecule has 3 aromatic rings. The van der Waals surface area contributed by atoms with Crippen molar-refractivity contribution in [2.24, 2.45) is 0 Å². The molecule has 2 N–H and O–H groups in total. The number of nitrogens with one attached hydrogen (secondary N) is 2. The third kappa shape index (κ3) is 5.13. The van der Waals surface area contributed by atoms with Crippen LogP contribution in [0.25, 0.3) is 0 Å². The minimum absolute atomic E-state index is 0.0881. The number of pyridine rings is 1. The van der Waals surface area contributed by atoms with Crippen LogP contribution in [0.4, 0.5) is 11.5 Å². The molecule has 4 rings (SSSR count). The molecule has 1 aliphatic rings. The number of rotatable bonds is 5. The van der Waals surface area contributed by atoms with Gasteiger partial charge in [-0.1, -0.05) is 48.0 Å². The predicted molar refractivity (Wildman–Crippen MR) is 115 cm³/mol. The van der Waals surface area contributed by atoms with Crippen LogP contribution in [-0.2, 0) is 4.74 Å². The molecule has 2 unspecified atom stereocenters. The lowest BCUT2D eigenvalue weighted by Crippen LogP contribution is -2.30. The number of carbonyl (C=O) groups is 1. The lowest BCUT2D eigenvalue weighted by Gasteiger charge is -2.30. The molecule has 5 nitrogen and oxygen atoms in total. The average molecular weight is 408 g/mol. The number of halogens is 1. The Kier molecular flexibility index (Phi) is 6.08. The number of carbonyl (C=O) groups excluding carboxylic acids is 1. The van der Waals surface area contributed by atoms with Gasteiger partial charge in [-0.25, -0.2) is 4.98 Å². The topological polar surface area (TPSA) is 63.2 Å². The number of benzene rings is 2. The number of anilines is 2. The van der Waals surface area contributed by atoms with Crippen LogP contribution in [-0.4, -0.2) is 23.5 Å². The summed E-state index contributed by atoms with van der Waals surface area (Å²) in [5.41, 5.74) is 2.34. The quantitative estimate of drug-likeness (QED) is 0.600. The average Bonchev–Trinajstić information content (AvgIpc) is 2.75. The molecule has 148 valence electrons. The third-order valence-electron chi connectivity index (χ3n) is 4.92. The second-order valence-electron chi connectivity index (χ2n) is 7.03.